The molecule has 0 saturated heterocycles. The number of aliphatic hydroxyl groups excluding tert-OH is 1. The SMILES string of the molecule is CCCNC(CCO)CN(CC)C1CCCCC1. The molecule has 3 heteroatoms. The minimum absolute atomic E-state index is 0.295. The summed E-state index contributed by atoms with van der Waals surface area (Å²) in [6.45, 7) is 8.06. The van der Waals surface area contributed by atoms with E-state index in [1.807, 2.05) is 0 Å². The van der Waals surface area contributed by atoms with E-state index in [9.17, 15) is 5.11 Å². The first kappa shape index (κ1) is 15.9. The van der Waals surface area contributed by atoms with Gasteiger partial charge in [-0.15, -0.1) is 0 Å². The van der Waals surface area contributed by atoms with E-state index in [-0.39, 0.29) is 0 Å². The number of nitrogens with zero attached hydrogens (tertiary/aromatic N) is 1. The lowest BCUT2D eigenvalue weighted by molar-refractivity contribution is 0.138. The Morgan fingerprint density at radius 2 is 1.94 bits per heavy atom. The Morgan fingerprint density at radius 3 is 2.50 bits per heavy atom. The van der Waals surface area contributed by atoms with Gasteiger partial charge in [-0.1, -0.05) is 33.1 Å². The van der Waals surface area contributed by atoms with Crippen molar-refractivity contribution in [3.05, 3.63) is 0 Å². The van der Waals surface area contributed by atoms with Crippen LogP contribution in [0.25, 0.3) is 0 Å². The van der Waals surface area contributed by atoms with Crippen LogP contribution in [0.3, 0.4) is 0 Å². The van der Waals surface area contributed by atoms with E-state index in [0.717, 1.165) is 38.5 Å². The van der Waals surface area contributed by atoms with Gasteiger partial charge in [0.15, 0.2) is 0 Å². The highest BCUT2D eigenvalue weighted by Gasteiger charge is 2.22. The molecule has 0 bridgehead atoms. The predicted molar refractivity (Wildman–Crippen MR) is 77.9 cm³/mol. The fraction of sp³-hybridized carbons (Fsp3) is 1.00. The molecule has 108 valence electrons. The Morgan fingerprint density at radius 1 is 1.22 bits per heavy atom. The Bertz CT molecular complexity index is 193. The highest BCUT2D eigenvalue weighted by molar-refractivity contribution is 4.79. The summed E-state index contributed by atoms with van der Waals surface area (Å²) >= 11 is 0. The molecule has 0 amide bonds. The number of hydrogen-bond donors (Lipinski definition) is 2. The van der Waals surface area contributed by atoms with Gasteiger partial charge in [0.2, 0.25) is 0 Å². The second-order valence-electron chi connectivity index (χ2n) is 5.54. The zero-order valence-corrected chi connectivity index (χ0v) is 12.3. The van der Waals surface area contributed by atoms with Crippen LogP contribution in [-0.2, 0) is 0 Å². The Kier molecular flexibility index (Phi) is 8.64. The van der Waals surface area contributed by atoms with Gasteiger partial charge >= 0.3 is 0 Å². The molecule has 1 atom stereocenters. The van der Waals surface area contributed by atoms with Crippen molar-refractivity contribution in [2.24, 2.45) is 0 Å². The van der Waals surface area contributed by atoms with Crippen molar-refractivity contribution in [3.8, 4) is 0 Å². The number of hydrogen-bond acceptors (Lipinski definition) is 3. The molecule has 0 spiro atoms. The van der Waals surface area contributed by atoms with E-state index in [2.05, 4.69) is 24.1 Å². The number of aliphatic hydroxyl groups is 1. The normalized spacial score (nSPS) is 19.3. The van der Waals surface area contributed by atoms with Gasteiger partial charge in [-0.3, -0.25) is 4.90 Å². The summed E-state index contributed by atoms with van der Waals surface area (Å²) in [5.74, 6) is 0. The van der Waals surface area contributed by atoms with Crippen LogP contribution in [0.4, 0.5) is 0 Å². The van der Waals surface area contributed by atoms with Crippen LogP contribution in [0.5, 0.6) is 0 Å². The summed E-state index contributed by atoms with van der Waals surface area (Å²) in [6.07, 6.45) is 8.99. The lowest BCUT2D eigenvalue weighted by Crippen LogP contribution is -2.46. The van der Waals surface area contributed by atoms with Crippen LogP contribution in [0.2, 0.25) is 0 Å². The van der Waals surface area contributed by atoms with Crippen molar-refractivity contribution >= 4 is 0 Å². The van der Waals surface area contributed by atoms with Gasteiger partial charge in [0.05, 0.1) is 0 Å². The lowest BCUT2D eigenvalue weighted by atomic mass is 9.93. The average molecular weight is 256 g/mol. The largest absolute Gasteiger partial charge is 0.396 e. The molecular weight excluding hydrogens is 224 g/mol. The standard InChI is InChI=1S/C15H32N2O/c1-3-11-16-14(10-12-18)13-17(4-2)15-8-6-5-7-9-15/h14-16,18H,3-13H2,1-2H3. The van der Waals surface area contributed by atoms with E-state index in [4.69, 9.17) is 0 Å². The highest BCUT2D eigenvalue weighted by Crippen LogP contribution is 2.22. The van der Waals surface area contributed by atoms with Crippen molar-refractivity contribution in [2.45, 2.75) is 70.9 Å². The quantitative estimate of drug-likeness (QED) is 0.665. The first-order valence-corrected chi connectivity index (χ1v) is 7.90. The van der Waals surface area contributed by atoms with Gasteiger partial charge < -0.3 is 10.4 Å². The molecule has 1 unspecified atom stereocenters. The zero-order chi connectivity index (χ0) is 13.2. The third-order valence-electron chi connectivity index (χ3n) is 4.11. The summed E-state index contributed by atoms with van der Waals surface area (Å²) in [5.41, 5.74) is 0. The first-order chi connectivity index (χ1) is 8.81. The molecule has 0 radical (unpaired) electrons. The predicted octanol–water partition coefficient (Wildman–Crippen LogP) is 2.39. The van der Waals surface area contributed by atoms with Gasteiger partial charge in [-0.25, -0.2) is 0 Å². The molecule has 3 nitrogen and oxygen atoms in total. The maximum atomic E-state index is 9.17. The molecule has 1 fully saturated rings. The molecule has 0 aromatic carbocycles. The van der Waals surface area contributed by atoms with Crippen molar-refractivity contribution in [1.82, 2.24) is 10.2 Å². The van der Waals surface area contributed by atoms with Gasteiger partial charge in [0, 0.05) is 25.2 Å². The average Bonchev–Trinajstić information content (AvgIpc) is 2.43. The Balaban J connectivity index is 2.40. The van der Waals surface area contributed by atoms with E-state index >= 15 is 0 Å². The van der Waals surface area contributed by atoms with E-state index in [0.29, 0.717) is 12.6 Å². The van der Waals surface area contributed by atoms with Crippen LogP contribution < -0.4 is 5.32 Å². The van der Waals surface area contributed by atoms with Gasteiger partial charge in [0.1, 0.15) is 0 Å². The minimum Gasteiger partial charge on any atom is -0.396 e. The fourth-order valence-electron chi connectivity index (χ4n) is 3.03. The first-order valence-electron chi connectivity index (χ1n) is 7.90. The topological polar surface area (TPSA) is 35.5 Å². The van der Waals surface area contributed by atoms with Crippen LogP contribution in [0, 0.1) is 0 Å². The van der Waals surface area contributed by atoms with Crippen molar-refractivity contribution < 1.29 is 5.11 Å². The van der Waals surface area contributed by atoms with Crippen molar-refractivity contribution in [3.63, 3.8) is 0 Å². The van der Waals surface area contributed by atoms with E-state index in [1.165, 1.54) is 32.1 Å². The van der Waals surface area contributed by atoms with Crippen LogP contribution in [0.1, 0.15) is 58.8 Å². The summed E-state index contributed by atoms with van der Waals surface area (Å²) in [5, 5.41) is 12.7. The molecule has 1 aliphatic carbocycles. The Hall–Kier alpha value is -0.120. The maximum Gasteiger partial charge on any atom is 0.0446 e. The smallest absolute Gasteiger partial charge is 0.0446 e. The van der Waals surface area contributed by atoms with Gasteiger partial charge in [-0.05, 0) is 38.8 Å². The molecule has 1 aliphatic rings. The summed E-state index contributed by atoms with van der Waals surface area (Å²) < 4.78 is 0. The summed E-state index contributed by atoms with van der Waals surface area (Å²) in [4.78, 5) is 2.63. The second kappa shape index (κ2) is 9.76. The molecule has 0 heterocycles. The number of nitrogens with one attached hydrogen (secondary N) is 1. The minimum atomic E-state index is 0.295. The molecule has 1 saturated carbocycles. The molecular formula is C15H32N2O. The van der Waals surface area contributed by atoms with Crippen LogP contribution >= 0.6 is 0 Å². The molecule has 0 aliphatic heterocycles. The molecule has 2 N–H and O–H groups in total. The molecule has 1 rings (SSSR count). The third kappa shape index (κ3) is 5.68. The lowest BCUT2D eigenvalue weighted by Gasteiger charge is -2.36. The van der Waals surface area contributed by atoms with Crippen LogP contribution in [0.15, 0.2) is 0 Å². The number of rotatable bonds is 9. The molecule has 0 aromatic rings. The fourth-order valence-corrected chi connectivity index (χ4v) is 3.03. The Labute approximate surface area is 113 Å². The molecule has 0 aromatic heterocycles. The summed E-state index contributed by atoms with van der Waals surface area (Å²) in [6, 6.07) is 1.24. The van der Waals surface area contributed by atoms with Crippen LogP contribution in [-0.4, -0.2) is 48.3 Å². The van der Waals surface area contributed by atoms with Gasteiger partial charge in [0.25, 0.3) is 0 Å². The van der Waals surface area contributed by atoms with E-state index in [1.54, 1.807) is 0 Å². The van der Waals surface area contributed by atoms with Crippen molar-refractivity contribution in [1.29, 1.82) is 0 Å². The van der Waals surface area contributed by atoms with Crippen molar-refractivity contribution in [2.75, 3.05) is 26.2 Å². The number of likely N-dealkylation sites (N-methyl/N-ethyl adjacent to an activating group) is 1. The van der Waals surface area contributed by atoms with Gasteiger partial charge in [-0.2, -0.15) is 0 Å². The molecule has 18 heavy (non-hydrogen) atoms. The third-order valence-corrected chi connectivity index (χ3v) is 4.11. The maximum absolute atomic E-state index is 9.17. The zero-order valence-electron chi connectivity index (χ0n) is 12.3. The summed E-state index contributed by atoms with van der Waals surface area (Å²) in [7, 11) is 0. The second-order valence-corrected chi connectivity index (χ2v) is 5.54. The monoisotopic (exact) mass is 256 g/mol. The highest BCUT2D eigenvalue weighted by atomic mass is 16.3. The van der Waals surface area contributed by atoms with E-state index < -0.39 is 0 Å².